The fourth-order valence-electron chi connectivity index (χ4n) is 4.73. The third-order valence-corrected chi connectivity index (χ3v) is 6.38. The number of fused-ring (bicyclic) bond motifs is 4. The van der Waals surface area contributed by atoms with Crippen molar-refractivity contribution in [2.24, 2.45) is 0 Å². The second-order valence-corrected chi connectivity index (χ2v) is 8.31. The molecule has 0 saturated carbocycles. The molecule has 32 heavy (non-hydrogen) atoms. The van der Waals surface area contributed by atoms with Gasteiger partial charge >= 0.3 is 0 Å². The number of aromatic amines is 1. The third-order valence-electron chi connectivity index (χ3n) is 6.38. The van der Waals surface area contributed by atoms with Crippen LogP contribution >= 0.6 is 0 Å². The fraction of sp³-hybridized carbons (Fsp3) is 0.0690. The number of hydrogen-bond donors (Lipinski definition) is 1. The van der Waals surface area contributed by atoms with E-state index >= 15 is 0 Å². The van der Waals surface area contributed by atoms with Gasteiger partial charge in [-0.15, -0.1) is 0 Å². The summed E-state index contributed by atoms with van der Waals surface area (Å²) in [4.78, 5) is 15.7. The molecule has 4 aromatic carbocycles. The molecule has 0 radical (unpaired) electrons. The number of hydrogen-bond acceptors (Lipinski definition) is 2. The van der Waals surface area contributed by atoms with Crippen molar-refractivity contribution in [1.29, 1.82) is 0 Å². The molecular formula is C29H21NO2. The third kappa shape index (κ3) is 2.71. The second-order valence-electron chi connectivity index (χ2n) is 8.31. The molecule has 0 aliphatic rings. The number of furan rings is 1. The average Bonchev–Trinajstić information content (AvgIpc) is 3.19. The van der Waals surface area contributed by atoms with Crippen molar-refractivity contribution < 1.29 is 4.42 Å². The molecule has 0 unspecified atom stereocenters. The van der Waals surface area contributed by atoms with Gasteiger partial charge in [0.05, 0.1) is 0 Å². The summed E-state index contributed by atoms with van der Waals surface area (Å²) >= 11 is 0. The summed E-state index contributed by atoms with van der Waals surface area (Å²) in [5, 5.41) is 3.25. The molecule has 154 valence electrons. The smallest absolute Gasteiger partial charge is 0.251 e. The normalized spacial score (nSPS) is 11.6. The Labute approximate surface area is 184 Å². The number of aryl methyl sites for hydroxylation is 1. The number of nitrogens with one attached hydrogen (secondary N) is 1. The number of para-hydroxylation sites is 2. The van der Waals surface area contributed by atoms with Crippen molar-refractivity contribution >= 4 is 32.8 Å². The number of pyridine rings is 1. The lowest BCUT2D eigenvalue weighted by atomic mass is 9.92. The van der Waals surface area contributed by atoms with Gasteiger partial charge in [-0.05, 0) is 54.3 Å². The quantitative estimate of drug-likeness (QED) is 0.321. The van der Waals surface area contributed by atoms with Gasteiger partial charge in [-0.25, -0.2) is 0 Å². The topological polar surface area (TPSA) is 46.0 Å². The largest absolute Gasteiger partial charge is 0.455 e. The predicted octanol–water partition coefficient (Wildman–Crippen LogP) is 7.38. The van der Waals surface area contributed by atoms with E-state index in [1.54, 1.807) is 0 Å². The van der Waals surface area contributed by atoms with Crippen molar-refractivity contribution in [2.45, 2.75) is 13.8 Å². The first-order chi connectivity index (χ1) is 15.6. The van der Waals surface area contributed by atoms with Crippen molar-refractivity contribution in [3.05, 3.63) is 106 Å². The second kappa shape index (κ2) is 6.96. The molecule has 3 nitrogen and oxygen atoms in total. The molecule has 1 N–H and O–H groups in total. The van der Waals surface area contributed by atoms with Gasteiger partial charge < -0.3 is 9.40 Å². The highest BCUT2D eigenvalue weighted by atomic mass is 16.3. The molecular weight excluding hydrogens is 394 g/mol. The zero-order valence-corrected chi connectivity index (χ0v) is 17.9. The number of benzene rings is 4. The Hall–Kier alpha value is -4.11. The molecule has 0 spiro atoms. The first kappa shape index (κ1) is 18.6. The number of rotatable bonds is 2. The van der Waals surface area contributed by atoms with Crippen LogP contribution in [0.3, 0.4) is 0 Å². The predicted molar refractivity (Wildman–Crippen MR) is 132 cm³/mol. The van der Waals surface area contributed by atoms with Gasteiger partial charge in [0.2, 0.25) is 0 Å². The Morgan fingerprint density at radius 2 is 1.47 bits per heavy atom. The summed E-state index contributed by atoms with van der Waals surface area (Å²) in [6.07, 6.45) is 0. The maximum Gasteiger partial charge on any atom is 0.251 e. The van der Waals surface area contributed by atoms with E-state index in [1.165, 1.54) is 0 Å². The van der Waals surface area contributed by atoms with Gasteiger partial charge in [-0.3, -0.25) is 4.79 Å². The molecule has 0 amide bonds. The number of aromatic nitrogens is 1. The maximum absolute atomic E-state index is 12.7. The number of H-pyrrole nitrogens is 1. The van der Waals surface area contributed by atoms with Crippen LogP contribution in [-0.2, 0) is 0 Å². The van der Waals surface area contributed by atoms with Crippen molar-refractivity contribution in [3.63, 3.8) is 0 Å². The Balaban J connectivity index is 1.68. The molecule has 0 fully saturated rings. The maximum atomic E-state index is 12.7. The van der Waals surface area contributed by atoms with Crippen molar-refractivity contribution in [1.82, 2.24) is 4.98 Å². The lowest BCUT2D eigenvalue weighted by Crippen LogP contribution is -2.11. The van der Waals surface area contributed by atoms with Crippen LogP contribution in [-0.4, -0.2) is 4.98 Å². The molecule has 6 aromatic rings. The standard InChI is InChI=1S/C29H21NO2/c1-17-8-3-4-9-20(17)27-18(2)29(31)30-25-15-14-19(16-24(25)27)21-11-7-12-23-22-10-5-6-13-26(22)32-28(21)23/h3-16H,1-2H3,(H,30,31). The van der Waals surface area contributed by atoms with E-state index < -0.39 is 0 Å². The molecule has 2 aromatic heterocycles. The monoisotopic (exact) mass is 415 g/mol. The van der Waals surface area contributed by atoms with Crippen LogP contribution in [0.15, 0.2) is 94.1 Å². The van der Waals surface area contributed by atoms with E-state index in [0.717, 1.165) is 66.2 Å². The zero-order valence-electron chi connectivity index (χ0n) is 17.9. The van der Waals surface area contributed by atoms with Crippen LogP contribution in [0.1, 0.15) is 11.1 Å². The summed E-state index contributed by atoms with van der Waals surface area (Å²) < 4.78 is 6.27. The Bertz CT molecular complexity index is 1720. The van der Waals surface area contributed by atoms with Crippen LogP contribution in [0.2, 0.25) is 0 Å². The summed E-state index contributed by atoms with van der Waals surface area (Å²) in [5.41, 5.74) is 8.59. The molecule has 2 heterocycles. The average molecular weight is 415 g/mol. The van der Waals surface area contributed by atoms with Gasteiger partial charge in [-0.1, -0.05) is 66.7 Å². The lowest BCUT2D eigenvalue weighted by molar-refractivity contribution is 0.670. The van der Waals surface area contributed by atoms with Gasteiger partial charge in [0.1, 0.15) is 11.2 Å². The molecule has 3 heteroatoms. The van der Waals surface area contributed by atoms with Crippen molar-refractivity contribution in [2.75, 3.05) is 0 Å². The first-order valence-electron chi connectivity index (χ1n) is 10.7. The van der Waals surface area contributed by atoms with Crippen LogP contribution in [0.4, 0.5) is 0 Å². The van der Waals surface area contributed by atoms with E-state index in [2.05, 4.69) is 60.4 Å². The minimum Gasteiger partial charge on any atom is -0.455 e. The summed E-state index contributed by atoms with van der Waals surface area (Å²) in [5.74, 6) is 0. The van der Waals surface area contributed by atoms with E-state index in [1.807, 2.05) is 43.3 Å². The molecule has 0 aliphatic heterocycles. The Kier molecular flexibility index (Phi) is 4.05. The minimum atomic E-state index is -0.0529. The SMILES string of the molecule is Cc1ccccc1-c1c(C)c(=O)[nH]c2ccc(-c3cccc4c3oc3ccccc34)cc12. The highest BCUT2D eigenvalue weighted by Gasteiger charge is 2.16. The van der Waals surface area contributed by atoms with Crippen LogP contribution in [0.25, 0.3) is 55.1 Å². The van der Waals surface area contributed by atoms with Gasteiger partial charge in [-0.2, -0.15) is 0 Å². The van der Waals surface area contributed by atoms with E-state index in [4.69, 9.17) is 4.42 Å². The van der Waals surface area contributed by atoms with E-state index in [-0.39, 0.29) is 5.56 Å². The molecule has 0 atom stereocenters. The molecule has 0 aliphatic carbocycles. The lowest BCUT2D eigenvalue weighted by Gasteiger charge is -2.14. The fourth-order valence-corrected chi connectivity index (χ4v) is 4.73. The van der Waals surface area contributed by atoms with Gasteiger partial charge in [0.25, 0.3) is 5.56 Å². The highest BCUT2D eigenvalue weighted by Crippen LogP contribution is 2.38. The minimum absolute atomic E-state index is 0.0529. The van der Waals surface area contributed by atoms with Crippen LogP contribution in [0.5, 0.6) is 0 Å². The highest BCUT2D eigenvalue weighted by molar-refractivity contribution is 6.10. The van der Waals surface area contributed by atoms with Crippen LogP contribution in [0, 0.1) is 13.8 Å². The Morgan fingerprint density at radius 1 is 0.719 bits per heavy atom. The van der Waals surface area contributed by atoms with Crippen LogP contribution < -0.4 is 5.56 Å². The van der Waals surface area contributed by atoms with Gasteiger partial charge in [0.15, 0.2) is 0 Å². The molecule has 0 saturated heterocycles. The summed E-state index contributed by atoms with van der Waals surface area (Å²) in [6.45, 7) is 3.98. The zero-order chi connectivity index (χ0) is 21.8. The summed E-state index contributed by atoms with van der Waals surface area (Å²) in [6, 6.07) is 28.8. The van der Waals surface area contributed by atoms with Crippen molar-refractivity contribution in [3.8, 4) is 22.3 Å². The molecule has 0 bridgehead atoms. The summed E-state index contributed by atoms with van der Waals surface area (Å²) in [7, 11) is 0. The first-order valence-corrected chi connectivity index (χ1v) is 10.7. The van der Waals surface area contributed by atoms with Gasteiger partial charge in [0, 0.05) is 32.8 Å². The van der Waals surface area contributed by atoms with E-state index in [0.29, 0.717) is 0 Å². The van der Waals surface area contributed by atoms with E-state index in [9.17, 15) is 4.79 Å². The molecule has 6 rings (SSSR count). The Morgan fingerprint density at radius 3 is 2.34 bits per heavy atom.